The molecule has 0 N–H and O–H groups in total. The molecule has 4 rings (SSSR count). The smallest absolute Gasteiger partial charge is 0.343 e. The highest BCUT2D eigenvalue weighted by Crippen LogP contribution is 2.20. The van der Waals surface area contributed by atoms with Gasteiger partial charge in [-0.15, -0.1) is 0 Å². The van der Waals surface area contributed by atoms with Crippen LogP contribution in [0.15, 0.2) is 114 Å². The Kier molecular flexibility index (Phi) is 13.0. The standard InChI is InChI=1S/C37H39NO5/c39-36(31-15-9-7-10-16-31)42-28-14-6-4-2-1-3-5-13-27-41-34-25-21-33(22-26-34)38-29-30-19-23-35(24-20-30)43-37(40)32-17-11-8-12-18-32/h7-12,15-26,29H,1-6,13-14,27-28H2. The highest BCUT2D eigenvalue weighted by molar-refractivity contribution is 5.91. The van der Waals surface area contributed by atoms with Gasteiger partial charge in [-0.05, 0) is 91.2 Å². The molecular formula is C37H39NO5. The van der Waals surface area contributed by atoms with Crippen LogP contribution in [0.2, 0.25) is 0 Å². The number of esters is 2. The molecule has 4 aromatic rings. The van der Waals surface area contributed by atoms with Gasteiger partial charge in [0.2, 0.25) is 0 Å². The minimum Gasteiger partial charge on any atom is -0.494 e. The van der Waals surface area contributed by atoms with Crippen molar-refractivity contribution < 1.29 is 23.8 Å². The summed E-state index contributed by atoms with van der Waals surface area (Å²) in [4.78, 5) is 28.6. The maximum atomic E-state index is 12.2. The zero-order valence-electron chi connectivity index (χ0n) is 24.5. The van der Waals surface area contributed by atoms with Gasteiger partial charge in [0.15, 0.2) is 0 Å². The van der Waals surface area contributed by atoms with Crippen LogP contribution in [0.3, 0.4) is 0 Å². The van der Waals surface area contributed by atoms with E-state index in [-0.39, 0.29) is 11.9 Å². The van der Waals surface area contributed by atoms with Gasteiger partial charge in [0, 0.05) is 6.21 Å². The van der Waals surface area contributed by atoms with Gasteiger partial charge in [-0.25, -0.2) is 9.59 Å². The van der Waals surface area contributed by atoms with Crippen LogP contribution in [0.5, 0.6) is 11.5 Å². The van der Waals surface area contributed by atoms with E-state index in [9.17, 15) is 9.59 Å². The minimum absolute atomic E-state index is 0.239. The topological polar surface area (TPSA) is 74.2 Å². The molecule has 0 amide bonds. The molecule has 0 aliphatic rings. The third-order valence-electron chi connectivity index (χ3n) is 6.85. The van der Waals surface area contributed by atoms with Gasteiger partial charge in [-0.2, -0.15) is 0 Å². The largest absolute Gasteiger partial charge is 0.494 e. The molecule has 0 bridgehead atoms. The lowest BCUT2D eigenvalue weighted by Gasteiger charge is -2.07. The zero-order valence-corrected chi connectivity index (χ0v) is 24.5. The number of carbonyl (C=O) groups excluding carboxylic acids is 2. The van der Waals surface area contributed by atoms with E-state index < -0.39 is 0 Å². The van der Waals surface area contributed by atoms with Crippen LogP contribution in [0, 0.1) is 0 Å². The Hall–Kier alpha value is -4.71. The van der Waals surface area contributed by atoms with Gasteiger partial charge in [0.05, 0.1) is 30.0 Å². The highest BCUT2D eigenvalue weighted by Gasteiger charge is 2.07. The molecule has 0 saturated heterocycles. The van der Waals surface area contributed by atoms with E-state index in [0.717, 1.165) is 42.7 Å². The second-order valence-electron chi connectivity index (χ2n) is 10.3. The summed E-state index contributed by atoms with van der Waals surface area (Å²) < 4.78 is 16.6. The summed E-state index contributed by atoms with van der Waals surface area (Å²) in [5, 5.41) is 0. The van der Waals surface area contributed by atoms with E-state index in [2.05, 4.69) is 4.99 Å². The van der Waals surface area contributed by atoms with E-state index in [1.807, 2.05) is 60.7 Å². The first kappa shape index (κ1) is 31.2. The molecule has 6 heteroatoms. The maximum absolute atomic E-state index is 12.2. The molecule has 0 unspecified atom stereocenters. The van der Waals surface area contributed by atoms with Crippen LogP contribution in [0.4, 0.5) is 5.69 Å². The van der Waals surface area contributed by atoms with Crippen molar-refractivity contribution in [2.45, 2.75) is 51.4 Å². The fourth-order valence-corrected chi connectivity index (χ4v) is 4.42. The number of hydrogen-bond acceptors (Lipinski definition) is 6. The fourth-order valence-electron chi connectivity index (χ4n) is 4.42. The first-order chi connectivity index (χ1) is 21.2. The Morgan fingerprint density at radius 3 is 1.65 bits per heavy atom. The molecule has 0 spiro atoms. The molecule has 0 atom stereocenters. The zero-order chi connectivity index (χ0) is 30.0. The van der Waals surface area contributed by atoms with Crippen molar-refractivity contribution >= 4 is 23.8 Å². The SMILES string of the molecule is O=C(OCCCCCCCCCCOc1ccc(N=Cc2ccc(OC(=O)c3ccccc3)cc2)cc1)c1ccccc1. The molecule has 0 heterocycles. The number of benzene rings is 4. The summed E-state index contributed by atoms with van der Waals surface area (Å²) in [6, 6.07) is 33.0. The van der Waals surface area contributed by atoms with Crippen LogP contribution in [0.25, 0.3) is 0 Å². The van der Waals surface area contributed by atoms with Crippen molar-refractivity contribution in [3.05, 3.63) is 126 Å². The molecule has 43 heavy (non-hydrogen) atoms. The van der Waals surface area contributed by atoms with Gasteiger partial charge >= 0.3 is 11.9 Å². The first-order valence-corrected chi connectivity index (χ1v) is 15.0. The number of rotatable bonds is 17. The van der Waals surface area contributed by atoms with Crippen molar-refractivity contribution in [2.75, 3.05) is 13.2 Å². The quantitative estimate of drug-likeness (QED) is 0.0542. The number of carbonyl (C=O) groups is 2. The average molecular weight is 578 g/mol. The Morgan fingerprint density at radius 1 is 0.535 bits per heavy atom. The minimum atomic E-state index is -0.381. The Morgan fingerprint density at radius 2 is 1.05 bits per heavy atom. The Bertz CT molecular complexity index is 1400. The first-order valence-electron chi connectivity index (χ1n) is 15.0. The summed E-state index contributed by atoms with van der Waals surface area (Å²) >= 11 is 0. The van der Waals surface area contributed by atoms with E-state index in [4.69, 9.17) is 14.2 Å². The predicted octanol–water partition coefficient (Wildman–Crippen LogP) is 9.01. The van der Waals surface area contributed by atoms with E-state index in [1.54, 1.807) is 54.7 Å². The Labute approximate surface area is 254 Å². The van der Waals surface area contributed by atoms with Crippen molar-refractivity contribution in [3.8, 4) is 11.5 Å². The Balaban J connectivity index is 1.02. The monoisotopic (exact) mass is 577 g/mol. The summed E-state index contributed by atoms with van der Waals surface area (Å²) in [6.07, 6.45) is 10.8. The number of unbranched alkanes of at least 4 members (excludes halogenated alkanes) is 7. The van der Waals surface area contributed by atoms with Crippen molar-refractivity contribution in [2.24, 2.45) is 4.99 Å². The van der Waals surface area contributed by atoms with Crippen molar-refractivity contribution in [1.29, 1.82) is 0 Å². The van der Waals surface area contributed by atoms with E-state index in [1.165, 1.54) is 25.7 Å². The molecule has 222 valence electrons. The summed E-state index contributed by atoms with van der Waals surface area (Å²) in [5.41, 5.74) is 2.87. The molecule has 0 radical (unpaired) electrons. The number of aliphatic imine (C=N–C) groups is 1. The average Bonchev–Trinajstić information content (AvgIpc) is 3.06. The molecule has 4 aromatic carbocycles. The summed E-state index contributed by atoms with van der Waals surface area (Å²) in [6.45, 7) is 1.19. The molecular weight excluding hydrogens is 538 g/mol. The van der Waals surface area contributed by atoms with E-state index >= 15 is 0 Å². The lowest BCUT2D eigenvalue weighted by molar-refractivity contribution is 0.0497. The molecule has 0 saturated carbocycles. The van der Waals surface area contributed by atoms with E-state index in [0.29, 0.717) is 30.1 Å². The third kappa shape index (κ3) is 11.6. The van der Waals surface area contributed by atoms with Crippen LogP contribution >= 0.6 is 0 Å². The maximum Gasteiger partial charge on any atom is 0.343 e. The van der Waals surface area contributed by atoms with Crippen LogP contribution < -0.4 is 9.47 Å². The molecule has 0 aliphatic carbocycles. The fraction of sp³-hybridized carbons (Fsp3) is 0.270. The molecule has 6 nitrogen and oxygen atoms in total. The number of hydrogen-bond donors (Lipinski definition) is 0. The van der Waals surface area contributed by atoms with Crippen molar-refractivity contribution in [1.82, 2.24) is 0 Å². The molecule has 0 aromatic heterocycles. The normalized spacial score (nSPS) is 10.9. The van der Waals surface area contributed by atoms with Crippen molar-refractivity contribution in [3.63, 3.8) is 0 Å². The predicted molar refractivity (Wildman–Crippen MR) is 171 cm³/mol. The van der Waals surface area contributed by atoms with Gasteiger partial charge in [-0.1, -0.05) is 74.9 Å². The third-order valence-corrected chi connectivity index (χ3v) is 6.85. The van der Waals surface area contributed by atoms with Crippen LogP contribution in [-0.4, -0.2) is 31.4 Å². The second kappa shape index (κ2) is 18.0. The summed E-state index contributed by atoms with van der Waals surface area (Å²) in [5.74, 6) is 0.713. The van der Waals surface area contributed by atoms with Gasteiger partial charge in [0.25, 0.3) is 0 Å². The number of nitrogens with zero attached hydrogens (tertiary/aromatic N) is 1. The van der Waals surface area contributed by atoms with Crippen LogP contribution in [0.1, 0.15) is 77.6 Å². The van der Waals surface area contributed by atoms with Gasteiger partial charge in [0.1, 0.15) is 11.5 Å². The molecule has 0 aliphatic heterocycles. The number of ether oxygens (including phenoxy) is 3. The highest BCUT2D eigenvalue weighted by atomic mass is 16.5. The second-order valence-corrected chi connectivity index (χ2v) is 10.3. The lowest BCUT2D eigenvalue weighted by Crippen LogP contribution is -2.07. The van der Waals surface area contributed by atoms with Gasteiger partial charge in [-0.3, -0.25) is 4.99 Å². The van der Waals surface area contributed by atoms with Crippen LogP contribution in [-0.2, 0) is 4.74 Å². The molecule has 0 fully saturated rings. The summed E-state index contributed by atoms with van der Waals surface area (Å²) in [7, 11) is 0. The van der Waals surface area contributed by atoms with Gasteiger partial charge < -0.3 is 14.2 Å². The lowest BCUT2D eigenvalue weighted by atomic mass is 10.1.